The molecule has 4 aliphatic rings. The van der Waals surface area contributed by atoms with Crippen molar-refractivity contribution < 1.29 is 62.4 Å². The summed E-state index contributed by atoms with van der Waals surface area (Å²) in [6.07, 6.45) is 6.61. The molecule has 4 aliphatic heterocycles. The van der Waals surface area contributed by atoms with Crippen molar-refractivity contribution >= 4 is 70.6 Å². The average Bonchev–Trinajstić information content (AvgIpc) is 3.89. The van der Waals surface area contributed by atoms with Gasteiger partial charge in [-0.25, -0.2) is 9.59 Å². The van der Waals surface area contributed by atoms with E-state index in [1.807, 2.05) is 19.3 Å². The van der Waals surface area contributed by atoms with Gasteiger partial charge in [0.1, 0.15) is 46.8 Å². The lowest BCUT2D eigenvalue weighted by Gasteiger charge is -2.42. The highest BCUT2D eigenvalue weighted by Crippen LogP contribution is 2.49. The molecule has 0 aromatic heterocycles. The second-order valence-electron chi connectivity index (χ2n) is 17.7. The number of esters is 1. The number of amides is 6. The summed E-state index contributed by atoms with van der Waals surface area (Å²) in [7, 11) is 5.86. The molecule has 2 saturated heterocycles. The Hall–Kier alpha value is -4.95. The Balaban J connectivity index is 1.37. The van der Waals surface area contributed by atoms with Gasteiger partial charge in [-0.2, -0.15) is 11.8 Å². The molecule has 4 heterocycles. The number of ether oxygens (including phenoxy) is 5. The molecule has 67 heavy (non-hydrogen) atoms. The first kappa shape index (κ1) is 53.0. The summed E-state index contributed by atoms with van der Waals surface area (Å²) in [5.41, 5.74) is -1.19. The number of benzene rings is 1. The molecular weight excluding hydrogens is 910 g/mol. The Bertz CT molecular complexity index is 2140. The highest BCUT2D eigenvalue weighted by molar-refractivity contribution is 7.98. The Morgan fingerprint density at radius 3 is 2.48 bits per heavy atom. The molecular formula is C47H64ClN5O13S. The van der Waals surface area contributed by atoms with E-state index in [-0.39, 0.29) is 48.6 Å². The third-order valence-corrected chi connectivity index (χ3v) is 13.9. The van der Waals surface area contributed by atoms with Gasteiger partial charge in [-0.05, 0) is 76.2 Å². The van der Waals surface area contributed by atoms with Crippen molar-refractivity contribution in [3.8, 4) is 5.75 Å². The number of aliphatic hydroxyl groups is 1. The number of carbonyl (C=O) groups excluding carboxylic acids is 7. The monoisotopic (exact) mass is 973 g/mol. The number of allylic oxidation sites excluding steroid dienone is 3. The van der Waals surface area contributed by atoms with Crippen molar-refractivity contribution in [2.24, 2.45) is 5.92 Å². The summed E-state index contributed by atoms with van der Waals surface area (Å²) in [6, 6.07) is 1.38. The number of anilines is 1. The van der Waals surface area contributed by atoms with Crippen molar-refractivity contribution in [2.45, 2.75) is 127 Å². The van der Waals surface area contributed by atoms with Crippen LogP contribution in [0.4, 0.5) is 10.5 Å². The zero-order chi connectivity index (χ0) is 49.4. The number of imide groups is 1. The third kappa shape index (κ3) is 12.8. The van der Waals surface area contributed by atoms with E-state index >= 15 is 0 Å². The Morgan fingerprint density at radius 1 is 1.12 bits per heavy atom. The van der Waals surface area contributed by atoms with Gasteiger partial charge < -0.3 is 43.9 Å². The lowest BCUT2D eigenvalue weighted by atomic mass is 9.83. The minimum atomic E-state index is -1.88. The van der Waals surface area contributed by atoms with Crippen molar-refractivity contribution in [1.29, 1.82) is 0 Å². The van der Waals surface area contributed by atoms with Gasteiger partial charge in [-0.1, -0.05) is 48.7 Å². The lowest BCUT2D eigenvalue weighted by Crippen LogP contribution is -2.63. The number of methoxy groups -OCH3 is 2. The molecule has 3 N–H and O–H groups in total. The summed E-state index contributed by atoms with van der Waals surface area (Å²) in [5.74, 6) is -2.70. The zero-order valence-electron chi connectivity index (χ0n) is 39.6. The van der Waals surface area contributed by atoms with Gasteiger partial charge in [0.2, 0.25) is 17.7 Å². The fraction of sp³-hybridized carbons (Fsp3) is 0.596. The molecule has 6 amide bonds. The van der Waals surface area contributed by atoms with Crippen LogP contribution in [-0.4, -0.2) is 151 Å². The standard InChI is InChI=1S/C47H64ClN5O13S/c1-27-14-13-15-35(63-8)47(61)26-34(64-45(60)50-47)28(2)42-46(4,66-42)36(25-40(57)52(6)32-23-30(22-27)24-33(62-7)41(32)48)65-44(59)29(3)51(5)43(58)31(19-21-67-9)49-37(54)16-11-10-12-20-53-38(55)17-18-39(53)56/h13-15,17-18,23-24,28-29,31,34-36,42,61H,10-12,16,19-22,25-26H2,1-9H3,(H,49,54)(H,50,60). The van der Waals surface area contributed by atoms with Crippen molar-refractivity contribution in [3.63, 3.8) is 0 Å². The minimum Gasteiger partial charge on any atom is -0.495 e. The molecule has 0 radical (unpaired) electrons. The topological polar surface area (TPSA) is 223 Å². The molecule has 1 aromatic rings. The van der Waals surface area contributed by atoms with Crippen LogP contribution in [0.5, 0.6) is 5.75 Å². The van der Waals surface area contributed by atoms with Crippen LogP contribution in [0.3, 0.4) is 0 Å². The normalized spacial score (nSPS) is 27.3. The number of rotatable bonds is 16. The first-order chi connectivity index (χ1) is 31.7. The number of alkyl carbamates (subject to hydrolysis) is 1. The van der Waals surface area contributed by atoms with Crippen LogP contribution in [0.25, 0.3) is 0 Å². The maximum absolute atomic E-state index is 14.4. The number of epoxide rings is 1. The van der Waals surface area contributed by atoms with Gasteiger partial charge in [-0.3, -0.25) is 34.2 Å². The van der Waals surface area contributed by atoms with E-state index < -0.39 is 84.0 Å². The summed E-state index contributed by atoms with van der Waals surface area (Å²) in [6.45, 7) is 7.08. The lowest BCUT2D eigenvalue weighted by molar-refractivity contribution is -0.162. The molecule has 18 nitrogen and oxygen atoms in total. The highest BCUT2D eigenvalue weighted by Gasteiger charge is 2.64. The molecule has 5 rings (SSSR count). The van der Waals surface area contributed by atoms with Gasteiger partial charge in [0.25, 0.3) is 11.8 Å². The molecule has 20 heteroatoms. The number of nitrogens with one attached hydrogen (secondary N) is 2. The van der Waals surface area contributed by atoms with E-state index in [1.165, 1.54) is 61.9 Å². The predicted molar refractivity (Wildman–Crippen MR) is 250 cm³/mol. The van der Waals surface area contributed by atoms with E-state index in [2.05, 4.69) is 10.6 Å². The molecule has 9 atom stereocenters. The first-order valence-electron chi connectivity index (χ1n) is 22.4. The molecule has 9 unspecified atom stereocenters. The fourth-order valence-electron chi connectivity index (χ4n) is 8.58. The number of hydrogen-bond donors (Lipinski definition) is 3. The molecule has 1 aromatic carbocycles. The molecule has 0 spiro atoms. The summed E-state index contributed by atoms with van der Waals surface area (Å²) < 4.78 is 29.5. The number of halogens is 1. The number of likely N-dealkylation sites (N-methyl/N-ethyl adjacent to an activating group) is 1. The number of fused-ring (bicyclic) bond motifs is 5. The fourth-order valence-corrected chi connectivity index (χ4v) is 9.37. The molecule has 368 valence electrons. The second-order valence-corrected chi connectivity index (χ2v) is 19.1. The maximum atomic E-state index is 14.4. The van der Waals surface area contributed by atoms with E-state index in [0.717, 1.165) is 16.0 Å². The van der Waals surface area contributed by atoms with Crippen LogP contribution in [0.1, 0.15) is 78.2 Å². The van der Waals surface area contributed by atoms with Crippen LogP contribution in [-0.2, 0) is 54.1 Å². The van der Waals surface area contributed by atoms with Gasteiger partial charge in [0, 0.05) is 58.7 Å². The smallest absolute Gasteiger partial charge is 0.409 e. The van der Waals surface area contributed by atoms with Crippen LogP contribution in [0, 0.1) is 5.92 Å². The largest absolute Gasteiger partial charge is 0.495 e. The number of nitrogens with zero attached hydrogens (tertiary/aromatic N) is 3. The third-order valence-electron chi connectivity index (χ3n) is 12.9. The van der Waals surface area contributed by atoms with Crippen LogP contribution < -0.4 is 20.3 Å². The summed E-state index contributed by atoms with van der Waals surface area (Å²) in [5, 5.41) is 17.4. The maximum Gasteiger partial charge on any atom is 0.409 e. The van der Waals surface area contributed by atoms with Gasteiger partial charge in [-0.15, -0.1) is 0 Å². The second kappa shape index (κ2) is 22.9. The number of carbonyl (C=O) groups is 7. The van der Waals surface area contributed by atoms with Crippen molar-refractivity contribution in [2.75, 3.05) is 51.8 Å². The number of unbranched alkanes of at least 4 members (excludes halogenated alkanes) is 2. The quantitative estimate of drug-likeness (QED) is 0.0913. The van der Waals surface area contributed by atoms with Crippen molar-refractivity contribution in [3.05, 3.63) is 58.7 Å². The summed E-state index contributed by atoms with van der Waals surface area (Å²) >= 11 is 8.30. The van der Waals surface area contributed by atoms with Crippen LogP contribution >= 0.6 is 23.4 Å². The molecule has 0 aliphatic carbocycles. The number of thioether (sulfide) groups is 1. The predicted octanol–water partition coefficient (Wildman–Crippen LogP) is 4.24. The zero-order valence-corrected chi connectivity index (χ0v) is 41.2. The van der Waals surface area contributed by atoms with Gasteiger partial charge in [0.05, 0.1) is 25.3 Å². The molecule has 0 saturated carbocycles. The van der Waals surface area contributed by atoms with E-state index in [9.17, 15) is 38.7 Å². The van der Waals surface area contributed by atoms with E-state index in [4.69, 9.17) is 35.3 Å². The SMILES string of the molecule is COc1cc2cc(c1Cl)N(C)C(=O)CC(OC(=O)C(C)N(C)C(=O)C(CCSC)NC(=O)CCCCCN1C(=O)C=CC1=O)C1(C)OC1C(C)C1CC(O)(NC(=O)O1)C(OC)C=CC=C(C)C2. The number of hydrogen-bond acceptors (Lipinski definition) is 14. The minimum absolute atomic E-state index is 0.100. The first-order valence-corrected chi connectivity index (χ1v) is 24.1. The summed E-state index contributed by atoms with van der Waals surface area (Å²) in [4.78, 5) is 96.1. The van der Waals surface area contributed by atoms with Crippen LogP contribution in [0.15, 0.2) is 48.1 Å². The van der Waals surface area contributed by atoms with Gasteiger partial charge >= 0.3 is 12.1 Å². The Labute approximate surface area is 401 Å². The Kier molecular flexibility index (Phi) is 18.1. The van der Waals surface area contributed by atoms with Crippen LogP contribution in [0.2, 0.25) is 5.02 Å². The highest BCUT2D eigenvalue weighted by atomic mass is 35.5. The van der Waals surface area contributed by atoms with Gasteiger partial charge in [0.15, 0.2) is 5.72 Å². The van der Waals surface area contributed by atoms with Crippen molar-refractivity contribution in [1.82, 2.24) is 20.4 Å². The average molecular weight is 975 g/mol. The Morgan fingerprint density at radius 2 is 1.82 bits per heavy atom. The van der Waals surface area contributed by atoms with E-state index in [1.54, 1.807) is 45.2 Å². The molecule has 2 fully saturated rings. The molecule has 4 bridgehead atoms. The van der Waals surface area contributed by atoms with E-state index in [0.29, 0.717) is 42.9 Å².